The molecule has 0 saturated heterocycles. The van der Waals surface area contributed by atoms with E-state index in [1.54, 1.807) is 54.5 Å². The lowest BCUT2D eigenvalue weighted by molar-refractivity contribution is -0.137. The number of hydrogen-bond donors (Lipinski definition) is 3. The van der Waals surface area contributed by atoms with E-state index in [-0.39, 0.29) is 30.5 Å². The number of para-hydroxylation sites is 1. The molecule has 2 heterocycles. The van der Waals surface area contributed by atoms with Gasteiger partial charge in [-0.15, -0.1) is 11.3 Å². The lowest BCUT2D eigenvalue weighted by atomic mass is 10.0. The van der Waals surface area contributed by atoms with E-state index in [2.05, 4.69) is 20.9 Å². The molecule has 2 aromatic carbocycles. The number of hydrogen-bond acceptors (Lipinski definition) is 7. The van der Waals surface area contributed by atoms with Gasteiger partial charge in [0.05, 0.1) is 23.0 Å². The quantitative estimate of drug-likeness (QED) is 0.363. The number of nitrogens with zero attached hydrogens (tertiary/aromatic N) is 2. The second-order valence-electron chi connectivity index (χ2n) is 10.4. The molecule has 3 atom stereocenters. The SMILES string of the molecule is Cc1csc(CCCNC(=O)[C@@H]2CC(=O)N[C@@H](C)C(=O)N(C)[C@@H](Cc3ccccc3)COc3ccccc3C(=O)N2)n1. The maximum atomic E-state index is 13.4. The Morgan fingerprint density at radius 3 is 2.57 bits per heavy atom. The van der Waals surface area contributed by atoms with E-state index in [1.807, 2.05) is 42.6 Å². The third kappa shape index (κ3) is 8.39. The number of aryl methyl sites for hydroxylation is 2. The molecule has 4 rings (SSSR count). The minimum Gasteiger partial charge on any atom is -0.491 e. The minimum absolute atomic E-state index is 0.116. The molecule has 1 aliphatic rings. The fourth-order valence-electron chi connectivity index (χ4n) is 4.73. The number of nitrogens with one attached hydrogen (secondary N) is 3. The van der Waals surface area contributed by atoms with Gasteiger partial charge in [-0.05, 0) is 44.4 Å². The zero-order valence-corrected chi connectivity index (χ0v) is 24.9. The van der Waals surface area contributed by atoms with E-state index in [1.165, 1.54) is 0 Å². The molecule has 42 heavy (non-hydrogen) atoms. The Balaban J connectivity index is 1.52. The third-order valence-electron chi connectivity index (χ3n) is 7.06. The van der Waals surface area contributed by atoms with Crippen molar-refractivity contribution in [1.82, 2.24) is 25.8 Å². The first kappa shape index (κ1) is 30.7. The van der Waals surface area contributed by atoms with Crippen molar-refractivity contribution in [2.75, 3.05) is 20.2 Å². The number of likely N-dealkylation sites (N-methyl/N-ethyl adjacent to an activating group) is 1. The van der Waals surface area contributed by atoms with Crippen LogP contribution in [0.2, 0.25) is 0 Å². The number of carbonyl (C=O) groups excluding carboxylic acids is 4. The van der Waals surface area contributed by atoms with Crippen molar-refractivity contribution in [1.29, 1.82) is 0 Å². The molecule has 0 aliphatic carbocycles. The molecule has 0 saturated carbocycles. The molecular formula is C31H37N5O5S. The fourth-order valence-corrected chi connectivity index (χ4v) is 5.55. The first-order valence-corrected chi connectivity index (χ1v) is 14.9. The van der Waals surface area contributed by atoms with E-state index < -0.39 is 29.8 Å². The van der Waals surface area contributed by atoms with Crippen LogP contribution in [-0.4, -0.2) is 71.8 Å². The van der Waals surface area contributed by atoms with Crippen molar-refractivity contribution >= 4 is 35.0 Å². The molecule has 0 spiro atoms. The highest BCUT2D eigenvalue weighted by atomic mass is 32.1. The van der Waals surface area contributed by atoms with Crippen LogP contribution < -0.4 is 20.7 Å². The summed E-state index contributed by atoms with van der Waals surface area (Å²) in [5.74, 6) is -1.52. The monoisotopic (exact) mass is 591 g/mol. The highest BCUT2D eigenvalue weighted by molar-refractivity contribution is 7.09. The van der Waals surface area contributed by atoms with Crippen molar-refractivity contribution in [3.05, 3.63) is 81.8 Å². The Bertz CT molecular complexity index is 1400. The molecule has 0 bridgehead atoms. The summed E-state index contributed by atoms with van der Waals surface area (Å²) in [6, 6.07) is 14.1. The average molecular weight is 592 g/mol. The average Bonchev–Trinajstić information content (AvgIpc) is 3.41. The van der Waals surface area contributed by atoms with Gasteiger partial charge in [0.2, 0.25) is 17.7 Å². The zero-order valence-electron chi connectivity index (χ0n) is 24.1. The lowest BCUT2D eigenvalue weighted by Crippen LogP contribution is -2.53. The molecule has 11 heteroatoms. The molecule has 0 fully saturated rings. The van der Waals surface area contributed by atoms with Gasteiger partial charge in [0.25, 0.3) is 5.91 Å². The largest absolute Gasteiger partial charge is 0.491 e. The number of fused-ring (bicyclic) bond motifs is 1. The van der Waals surface area contributed by atoms with Crippen molar-refractivity contribution in [2.45, 2.75) is 57.7 Å². The number of rotatable bonds is 7. The van der Waals surface area contributed by atoms with E-state index in [0.717, 1.165) is 16.3 Å². The first-order chi connectivity index (χ1) is 20.2. The molecule has 1 aliphatic heterocycles. The summed E-state index contributed by atoms with van der Waals surface area (Å²) in [7, 11) is 1.68. The van der Waals surface area contributed by atoms with E-state index in [0.29, 0.717) is 31.6 Å². The number of amides is 4. The van der Waals surface area contributed by atoms with Crippen LogP contribution in [0.5, 0.6) is 5.75 Å². The molecular weight excluding hydrogens is 554 g/mol. The molecule has 4 amide bonds. The van der Waals surface area contributed by atoms with Gasteiger partial charge < -0.3 is 25.6 Å². The molecule has 3 N–H and O–H groups in total. The molecule has 3 aromatic rings. The van der Waals surface area contributed by atoms with E-state index in [9.17, 15) is 19.2 Å². The van der Waals surface area contributed by atoms with Crippen molar-refractivity contribution in [3.63, 3.8) is 0 Å². The van der Waals surface area contributed by atoms with Crippen LogP contribution in [-0.2, 0) is 27.2 Å². The number of benzene rings is 2. The topological polar surface area (TPSA) is 130 Å². The number of thiazole rings is 1. The van der Waals surface area contributed by atoms with Crippen molar-refractivity contribution < 1.29 is 23.9 Å². The summed E-state index contributed by atoms with van der Waals surface area (Å²) < 4.78 is 6.13. The molecule has 0 unspecified atom stereocenters. The zero-order chi connectivity index (χ0) is 30.1. The van der Waals surface area contributed by atoms with Crippen LogP contribution in [0.25, 0.3) is 0 Å². The third-order valence-corrected chi connectivity index (χ3v) is 8.09. The fraction of sp³-hybridized carbons (Fsp3) is 0.387. The van der Waals surface area contributed by atoms with Crippen molar-refractivity contribution in [2.24, 2.45) is 0 Å². The van der Waals surface area contributed by atoms with Gasteiger partial charge in [-0.3, -0.25) is 19.2 Å². The number of ether oxygens (including phenoxy) is 1. The second-order valence-corrected chi connectivity index (χ2v) is 11.3. The first-order valence-electron chi connectivity index (χ1n) is 14.0. The van der Waals surface area contributed by atoms with Gasteiger partial charge >= 0.3 is 0 Å². The van der Waals surface area contributed by atoms with Gasteiger partial charge in [0, 0.05) is 31.1 Å². The Labute approximate surface area is 249 Å². The van der Waals surface area contributed by atoms with Crippen molar-refractivity contribution in [3.8, 4) is 5.75 Å². The van der Waals surface area contributed by atoms with Crippen LogP contribution in [0.3, 0.4) is 0 Å². The van der Waals surface area contributed by atoms with E-state index in [4.69, 9.17) is 4.74 Å². The maximum Gasteiger partial charge on any atom is 0.255 e. The van der Waals surface area contributed by atoms with Crippen LogP contribution in [0.4, 0.5) is 0 Å². The summed E-state index contributed by atoms with van der Waals surface area (Å²) in [4.78, 5) is 58.9. The summed E-state index contributed by atoms with van der Waals surface area (Å²) in [6.45, 7) is 4.01. The van der Waals surface area contributed by atoms with E-state index >= 15 is 0 Å². The molecule has 222 valence electrons. The Hall–Kier alpha value is -4.25. The maximum absolute atomic E-state index is 13.4. The molecule has 0 radical (unpaired) electrons. The van der Waals surface area contributed by atoms with Gasteiger partial charge in [-0.1, -0.05) is 42.5 Å². The molecule has 10 nitrogen and oxygen atoms in total. The van der Waals surface area contributed by atoms with Gasteiger partial charge in [0.15, 0.2) is 0 Å². The summed E-state index contributed by atoms with van der Waals surface area (Å²) in [5.41, 5.74) is 2.21. The Kier molecular flexibility index (Phi) is 10.7. The van der Waals surface area contributed by atoms with Crippen LogP contribution in [0, 0.1) is 6.92 Å². The molecule has 1 aromatic heterocycles. The number of carbonyl (C=O) groups is 4. The summed E-state index contributed by atoms with van der Waals surface area (Å²) in [5, 5.41) is 11.2. The highest BCUT2D eigenvalue weighted by Gasteiger charge is 2.30. The van der Waals surface area contributed by atoms with Crippen LogP contribution >= 0.6 is 11.3 Å². The Morgan fingerprint density at radius 2 is 1.83 bits per heavy atom. The summed E-state index contributed by atoms with van der Waals surface area (Å²) >= 11 is 1.57. The minimum atomic E-state index is -1.15. The van der Waals surface area contributed by atoms with Crippen LogP contribution in [0.1, 0.15) is 46.4 Å². The van der Waals surface area contributed by atoms with Crippen LogP contribution in [0.15, 0.2) is 60.0 Å². The predicted octanol–water partition coefficient (Wildman–Crippen LogP) is 2.66. The van der Waals surface area contributed by atoms with Gasteiger partial charge in [-0.25, -0.2) is 4.98 Å². The summed E-state index contributed by atoms with van der Waals surface area (Å²) in [6.07, 6.45) is 1.55. The lowest BCUT2D eigenvalue weighted by Gasteiger charge is -2.31. The normalized spacial score (nSPS) is 20.0. The highest BCUT2D eigenvalue weighted by Crippen LogP contribution is 2.20. The number of aromatic nitrogens is 1. The Morgan fingerprint density at radius 1 is 1.10 bits per heavy atom. The van der Waals surface area contributed by atoms with Gasteiger partial charge in [0.1, 0.15) is 24.4 Å². The van der Waals surface area contributed by atoms with Gasteiger partial charge in [-0.2, -0.15) is 0 Å². The second kappa shape index (κ2) is 14.6. The standard InChI is InChI=1S/C31H37N5O5S/c1-20-19-42-28(33-20)14-9-15-32-30(39)25-17-27(37)34-21(2)31(40)36(3)23(16-22-10-5-4-6-11-22)18-41-26-13-8-7-12-24(26)29(38)35-25/h4-8,10-13,19,21,23,25H,9,14-18H2,1-3H3,(H,32,39)(H,34,37)(H,35,38)/t21-,23-,25-/m0/s1. The predicted molar refractivity (Wildman–Crippen MR) is 160 cm³/mol. The smallest absolute Gasteiger partial charge is 0.255 e.